The van der Waals surface area contributed by atoms with E-state index in [2.05, 4.69) is 20.5 Å². The van der Waals surface area contributed by atoms with Crippen molar-refractivity contribution in [3.05, 3.63) is 29.8 Å². The summed E-state index contributed by atoms with van der Waals surface area (Å²) in [5.41, 5.74) is 7.16. The van der Waals surface area contributed by atoms with E-state index in [0.29, 0.717) is 13.0 Å². The first-order valence-corrected chi connectivity index (χ1v) is 8.58. The zero-order valence-corrected chi connectivity index (χ0v) is 17.7. The Balaban J connectivity index is 0.00000338. The van der Waals surface area contributed by atoms with Crippen LogP contribution in [0.1, 0.15) is 31.7 Å². The first-order chi connectivity index (χ1) is 12.0. The standard InChI is InChI=1S/C18H27N5O2.HI/c1-13(24)22-16-7-3-5-14(9-16)11-21-18(20-2)23-8-4-6-15(12-23)10-17(19)25;/h3,5,7,9,15H,4,6,8,10-12H2,1-2H3,(H2,19,25)(H,20,21)(H,22,24);1H. The second kappa shape index (κ2) is 11.0. The van der Waals surface area contributed by atoms with Crippen molar-refractivity contribution in [2.45, 2.75) is 32.7 Å². The molecule has 1 fully saturated rings. The van der Waals surface area contributed by atoms with Crippen molar-refractivity contribution in [1.82, 2.24) is 10.2 Å². The molecule has 144 valence electrons. The lowest BCUT2D eigenvalue weighted by Gasteiger charge is -2.34. The Morgan fingerprint density at radius 3 is 2.81 bits per heavy atom. The molecule has 0 aromatic heterocycles. The lowest BCUT2D eigenvalue weighted by molar-refractivity contribution is -0.119. The van der Waals surface area contributed by atoms with Crippen molar-refractivity contribution < 1.29 is 9.59 Å². The zero-order chi connectivity index (χ0) is 18.2. The van der Waals surface area contributed by atoms with Gasteiger partial charge in [0.05, 0.1) is 0 Å². The Morgan fingerprint density at radius 1 is 1.38 bits per heavy atom. The van der Waals surface area contributed by atoms with Gasteiger partial charge >= 0.3 is 0 Å². The van der Waals surface area contributed by atoms with Gasteiger partial charge in [0.1, 0.15) is 0 Å². The Morgan fingerprint density at radius 2 is 2.15 bits per heavy atom. The van der Waals surface area contributed by atoms with Crippen LogP contribution < -0.4 is 16.4 Å². The summed E-state index contributed by atoms with van der Waals surface area (Å²) < 4.78 is 0. The Kier molecular flexibility index (Phi) is 9.39. The van der Waals surface area contributed by atoms with E-state index in [9.17, 15) is 9.59 Å². The van der Waals surface area contributed by atoms with E-state index in [-0.39, 0.29) is 41.7 Å². The SMILES string of the molecule is CN=C(NCc1cccc(NC(C)=O)c1)N1CCCC(CC(N)=O)C1.I. The van der Waals surface area contributed by atoms with E-state index in [1.807, 2.05) is 24.3 Å². The number of carbonyl (C=O) groups is 2. The van der Waals surface area contributed by atoms with Gasteiger partial charge in [-0.1, -0.05) is 12.1 Å². The zero-order valence-electron chi connectivity index (χ0n) is 15.3. The number of anilines is 1. The van der Waals surface area contributed by atoms with Gasteiger partial charge in [0.25, 0.3) is 0 Å². The van der Waals surface area contributed by atoms with Crippen LogP contribution in [0.25, 0.3) is 0 Å². The molecular weight excluding hydrogens is 445 g/mol. The molecular formula is C18H28IN5O2. The molecule has 1 atom stereocenters. The minimum atomic E-state index is -0.246. The quantitative estimate of drug-likeness (QED) is 0.346. The first kappa shape index (κ1) is 22.2. The molecule has 0 aliphatic carbocycles. The molecule has 1 aliphatic rings. The summed E-state index contributed by atoms with van der Waals surface area (Å²) in [5.74, 6) is 0.770. The van der Waals surface area contributed by atoms with Crippen molar-refractivity contribution in [2.24, 2.45) is 16.6 Å². The highest BCUT2D eigenvalue weighted by Crippen LogP contribution is 2.19. The van der Waals surface area contributed by atoms with Crippen LogP contribution in [0.5, 0.6) is 0 Å². The number of halogens is 1. The van der Waals surface area contributed by atoms with E-state index < -0.39 is 0 Å². The minimum Gasteiger partial charge on any atom is -0.370 e. The summed E-state index contributed by atoms with van der Waals surface area (Å²) in [6.07, 6.45) is 2.47. The van der Waals surface area contributed by atoms with Crippen LogP contribution in [0.4, 0.5) is 5.69 Å². The molecule has 1 aromatic carbocycles. The molecule has 1 saturated heterocycles. The van der Waals surface area contributed by atoms with Gasteiger partial charge in [-0.25, -0.2) is 0 Å². The molecule has 2 amide bonds. The number of benzene rings is 1. The largest absolute Gasteiger partial charge is 0.370 e. The third kappa shape index (κ3) is 7.19. The molecule has 2 rings (SSSR count). The monoisotopic (exact) mass is 473 g/mol. The lowest BCUT2D eigenvalue weighted by atomic mass is 9.95. The molecule has 4 N–H and O–H groups in total. The van der Waals surface area contributed by atoms with E-state index in [1.165, 1.54) is 6.92 Å². The van der Waals surface area contributed by atoms with E-state index in [4.69, 9.17) is 5.73 Å². The van der Waals surface area contributed by atoms with Crippen LogP contribution in [0.2, 0.25) is 0 Å². The highest BCUT2D eigenvalue weighted by Gasteiger charge is 2.23. The van der Waals surface area contributed by atoms with Crippen LogP contribution in [0, 0.1) is 5.92 Å². The third-order valence-corrected chi connectivity index (χ3v) is 4.22. The first-order valence-electron chi connectivity index (χ1n) is 8.58. The van der Waals surface area contributed by atoms with Crippen molar-refractivity contribution in [2.75, 3.05) is 25.5 Å². The van der Waals surface area contributed by atoms with E-state index in [0.717, 1.165) is 43.1 Å². The van der Waals surface area contributed by atoms with Crippen LogP contribution in [-0.2, 0) is 16.1 Å². The second-order valence-electron chi connectivity index (χ2n) is 6.41. The van der Waals surface area contributed by atoms with Crippen LogP contribution in [-0.4, -0.2) is 42.8 Å². The number of nitrogens with one attached hydrogen (secondary N) is 2. The number of hydrogen-bond donors (Lipinski definition) is 3. The molecule has 26 heavy (non-hydrogen) atoms. The molecule has 0 bridgehead atoms. The number of rotatable bonds is 5. The number of guanidine groups is 1. The van der Waals surface area contributed by atoms with E-state index >= 15 is 0 Å². The number of amides is 2. The number of likely N-dealkylation sites (tertiary alicyclic amines) is 1. The number of nitrogens with zero attached hydrogens (tertiary/aromatic N) is 2. The Bertz CT molecular complexity index is 650. The maximum Gasteiger partial charge on any atom is 0.221 e. The van der Waals surface area contributed by atoms with Gasteiger partial charge in [-0.05, 0) is 36.5 Å². The number of nitrogens with two attached hydrogens (primary N) is 1. The predicted octanol–water partition coefficient (Wildman–Crippen LogP) is 1.93. The predicted molar refractivity (Wildman–Crippen MR) is 114 cm³/mol. The fourth-order valence-electron chi connectivity index (χ4n) is 3.18. The van der Waals surface area contributed by atoms with Gasteiger partial charge in [-0.2, -0.15) is 0 Å². The van der Waals surface area contributed by atoms with Crippen LogP contribution >= 0.6 is 24.0 Å². The molecule has 1 aliphatic heterocycles. The number of aliphatic imine (C=N–C) groups is 1. The fourth-order valence-corrected chi connectivity index (χ4v) is 3.18. The average molecular weight is 473 g/mol. The molecule has 1 aromatic rings. The Hall–Kier alpha value is -1.84. The lowest BCUT2D eigenvalue weighted by Crippen LogP contribution is -2.46. The van der Waals surface area contributed by atoms with Crippen molar-refractivity contribution in [3.8, 4) is 0 Å². The highest BCUT2D eigenvalue weighted by molar-refractivity contribution is 14.0. The second-order valence-corrected chi connectivity index (χ2v) is 6.41. The van der Waals surface area contributed by atoms with Gasteiger partial charge in [0.15, 0.2) is 5.96 Å². The molecule has 7 nitrogen and oxygen atoms in total. The molecule has 1 heterocycles. The molecule has 8 heteroatoms. The molecule has 0 radical (unpaired) electrons. The number of carbonyl (C=O) groups excluding carboxylic acids is 2. The smallest absolute Gasteiger partial charge is 0.221 e. The average Bonchev–Trinajstić information content (AvgIpc) is 2.55. The van der Waals surface area contributed by atoms with E-state index in [1.54, 1.807) is 7.05 Å². The maximum atomic E-state index is 11.2. The van der Waals surface area contributed by atoms with Crippen molar-refractivity contribution in [1.29, 1.82) is 0 Å². The fraction of sp³-hybridized carbons (Fsp3) is 0.500. The normalized spacial score (nSPS) is 17.2. The van der Waals surface area contributed by atoms with Gasteiger partial charge < -0.3 is 21.3 Å². The summed E-state index contributed by atoms with van der Waals surface area (Å²) >= 11 is 0. The summed E-state index contributed by atoms with van der Waals surface area (Å²) in [7, 11) is 1.76. The number of primary amides is 1. The molecule has 0 saturated carbocycles. The van der Waals surface area contributed by atoms with Gasteiger partial charge in [-0.15, -0.1) is 24.0 Å². The minimum absolute atomic E-state index is 0. The van der Waals surface area contributed by atoms with Gasteiger partial charge in [-0.3, -0.25) is 14.6 Å². The summed E-state index contributed by atoms with van der Waals surface area (Å²) in [6.45, 7) is 3.80. The topological polar surface area (TPSA) is 99.8 Å². The highest BCUT2D eigenvalue weighted by atomic mass is 127. The Labute approximate surface area is 171 Å². The van der Waals surface area contributed by atoms with Crippen molar-refractivity contribution in [3.63, 3.8) is 0 Å². The maximum absolute atomic E-state index is 11.2. The third-order valence-electron chi connectivity index (χ3n) is 4.22. The van der Waals surface area contributed by atoms with Crippen LogP contribution in [0.15, 0.2) is 29.3 Å². The summed E-state index contributed by atoms with van der Waals surface area (Å²) in [6, 6.07) is 7.71. The summed E-state index contributed by atoms with van der Waals surface area (Å²) in [5, 5.41) is 6.14. The van der Waals surface area contributed by atoms with Gasteiger partial charge in [0.2, 0.25) is 11.8 Å². The molecule has 0 spiro atoms. The van der Waals surface area contributed by atoms with Gasteiger partial charge in [0, 0.05) is 45.7 Å². The summed E-state index contributed by atoms with van der Waals surface area (Å²) in [4.78, 5) is 28.9. The number of piperidine rings is 1. The number of hydrogen-bond acceptors (Lipinski definition) is 3. The van der Waals surface area contributed by atoms with Crippen LogP contribution in [0.3, 0.4) is 0 Å². The van der Waals surface area contributed by atoms with Crippen molar-refractivity contribution >= 4 is 47.4 Å². The molecule has 1 unspecified atom stereocenters.